The van der Waals surface area contributed by atoms with Gasteiger partial charge in [-0.05, 0) is 36.2 Å². The maximum absolute atomic E-state index is 4.40. The van der Waals surface area contributed by atoms with Gasteiger partial charge in [0.1, 0.15) is 5.65 Å². The molecular formula is C17H20N4. The van der Waals surface area contributed by atoms with Gasteiger partial charge in [0, 0.05) is 55.2 Å². The van der Waals surface area contributed by atoms with E-state index in [2.05, 4.69) is 44.5 Å². The fourth-order valence-corrected chi connectivity index (χ4v) is 3.15. The van der Waals surface area contributed by atoms with E-state index in [1.165, 1.54) is 34.9 Å². The first-order chi connectivity index (χ1) is 10.4. The zero-order valence-corrected chi connectivity index (χ0v) is 12.1. The minimum absolute atomic E-state index is 0.978. The molecule has 0 saturated carbocycles. The maximum Gasteiger partial charge on any atom is 0.138 e. The molecule has 3 aromatic rings. The first kappa shape index (κ1) is 12.8. The van der Waals surface area contributed by atoms with Crippen LogP contribution in [0.3, 0.4) is 0 Å². The molecule has 4 nitrogen and oxygen atoms in total. The van der Waals surface area contributed by atoms with Crippen LogP contribution in [0.25, 0.3) is 21.9 Å². The van der Waals surface area contributed by atoms with E-state index in [-0.39, 0.29) is 0 Å². The van der Waals surface area contributed by atoms with Gasteiger partial charge in [-0.1, -0.05) is 6.07 Å². The monoisotopic (exact) mass is 280 g/mol. The highest BCUT2D eigenvalue weighted by atomic mass is 15.2. The number of hydrogen-bond donors (Lipinski definition) is 2. The number of nitrogens with one attached hydrogen (secondary N) is 2. The minimum atomic E-state index is 0.978. The van der Waals surface area contributed by atoms with Crippen molar-refractivity contribution in [3.05, 3.63) is 42.1 Å². The van der Waals surface area contributed by atoms with E-state index in [0.29, 0.717) is 0 Å². The third-order valence-electron chi connectivity index (χ3n) is 4.36. The van der Waals surface area contributed by atoms with Gasteiger partial charge in [0.2, 0.25) is 0 Å². The Balaban J connectivity index is 1.59. The Morgan fingerprint density at radius 2 is 2.00 bits per heavy atom. The molecule has 4 heteroatoms. The lowest BCUT2D eigenvalue weighted by Gasteiger charge is -2.27. The molecule has 1 aliphatic heterocycles. The Hall–Kier alpha value is -1.91. The second-order valence-corrected chi connectivity index (χ2v) is 5.75. The highest BCUT2D eigenvalue weighted by Crippen LogP contribution is 2.24. The van der Waals surface area contributed by atoms with Gasteiger partial charge in [0.25, 0.3) is 0 Å². The van der Waals surface area contributed by atoms with Crippen molar-refractivity contribution >= 4 is 21.9 Å². The topological polar surface area (TPSA) is 44.0 Å². The Bertz CT molecular complexity index is 756. The summed E-state index contributed by atoms with van der Waals surface area (Å²) in [5.41, 5.74) is 3.56. The van der Waals surface area contributed by atoms with E-state index in [0.717, 1.165) is 31.7 Å². The second-order valence-electron chi connectivity index (χ2n) is 5.75. The summed E-state index contributed by atoms with van der Waals surface area (Å²) in [5.74, 6) is 0. The summed E-state index contributed by atoms with van der Waals surface area (Å²) in [5, 5.41) is 5.91. The predicted octanol–water partition coefficient (Wildman–Crippen LogP) is 2.16. The molecule has 1 fully saturated rings. The molecule has 1 aliphatic rings. The van der Waals surface area contributed by atoms with Crippen molar-refractivity contribution in [1.29, 1.82) is 0 Å². The van der Waals surface area contributed by atoms with Gasteiger partial charge in [0.15, 0.2) is 0 Å². The van der Waals surface area contributed by atoms with Crippen LogP contribution in [-0.2, 0) is 6.42 Å². The van der Waals surface area contributed by atoms with Crippen LogP contribution in [0.1, 0.15) is 5.56 Å². The SMILES string of the molecule is c1cnc2[nH]c3ccc(CCN4CCNCC4)cc3c2c1. The highest BCUT2D eigenvalue weighted by molar-refractivity contribution is 6.05. The van der Waals surface area contributed by atoms with Gasteiger partial charge in [-0.2, -0.15) is 0 Å². The molecule has 21 heavy (non-hydrogen) atoms. The molecule has 1 saturated heterocycles. The van der Waals surface area contributed by atoms with Crippen LogP contribution >= 0.6 is 0 Å². The molecule has 0 atom stereocenters. The van der Waals surface area contributed by atoms with Crippen LogP contribution in [0.2, 0.25) is 0 Å². The van der Waals surface area contributed by atoms with Gasteiger partial charge in [-0.3, -0.25) is 0 Å². The molecule has 0 aliphatic carbocycles. The van der Waals surface area contributed by atoms with E-state index < -0.39 is 0 Å². The van der Waals surface area contributed by atoms with Crippen molar-refractivity contribution in [3.63, 3.8) is 0 Å². The largest absolute Gasteiger partial charge is 0.339 e. The Morgan fingerprint density at radius 1 is 1.10 bits per heavy atom. The standard InChI is InChI=1S/C17H20N4/c1-2-14-15-12-13(5-9-21-10-7-18-8-11-21)3-4-16(15)20-17(14)19-6-1/h1-4,6,12,18H,5,7-11H2,(H,19,20). The number of H-pyrrole nitrogens is 1. The van der Waals surface area contributed by atoms with Crippen molar-refractivity contribution in [2.24, 2.45) is 0 Å². The molecule has 0 unspecified atom stereocenters. The van der Waals surface area contributed by atoms with E-state index in [9.17, 15) is 0 Å². The van der Waals surface area contributed by atoms with Crippen molar-refractivity contribution in [3.8, 4) is 0 Å². The lowest BCUT2D eigenvalue weighted by molar-refractivity contribution is 0.244. The van der Waals surface area contributed by atoms with Crippen molar-refractivity contribution in [2.45, 2.75) is 6.42 Å². The molecule has 2 aromatic heterocycles. The van der Waals surface area contributed by atoms with E-state index in [1.54, 1.807) is 0 Å². The third kappa shape index (κ3) is 2.52. The number of rotatable bonds is 3. The number of aromatic amines is 1. The van der Waals surface area contributed by atoms with Gasteiger partial charge >= 0.3 is 0 Å². The maximum atomic E-state index is 4.40. The summed E-state index contributed by atoms with van der Waals surface area (Å²) in [7, 11) is 0. The molecule has 0 spiro atoms. The quantitative estimate of drug-likeness (QED) is 0.773. The normalized spacial score (nSPS) is 16.8. The van der Waals surface area contributed by atoms with E-state index >= 15 is 0 Å². The Kier molecular flexibility index (Phi) is 3.33. The summed E-state index contributed by atoms with van der Waals surface area (Å²) >= 11 is 0. The number of pyridine rings is 1. The Morgan fingerprint density at radius 3 is 2.90 bits per heavy atom. The summed E-state index contributed by atoms with van der Waals surface area (Å²) in [6, 6.07) is 10.9. The first-order valence-corrected chi connectivity index (χ1v) is 7.68. The molecular weight excluding hydrogens is 260 g/mol. The molecule has 3 heterocycles. The molecule has 0 amide bonds. The highest BCUT2D eigenvalue weighted by Gasteiger charge is 2.10. The number of nitrogens with zero attached hydrogens (tertiary/aromatic N) is 2. The predicted molar refractivity (Wildman–Crippen MR) is 86.6 cm³/mol. The van der Waals surface area contributed by atoms with Gasteiger partial charge in [-0.25, -0.2) is 4.98 Å². The smallest absolute Gasteiger partial charge is 0.138 e. The van der Waals surface area contributed by atoms with Crippen LogP contribution in [-0.4, -0.2) is 47.6 Å². The van der Waals surface area contributed by atoms with Gasteiger partial charge in [0.05, 0.1) is 0 Å². The first-order valence-electron chi connectivity index (χ1n) is 7.68. The lowest BCUT2D eigenvalue weighted by atomic mass is 10.1. The number of hydrogen-bond acceptors (Lipinski definition) is 3. The molecule has 2 N–H and O–H groups in total. The van der Waals surface area contributed by atoms with Crippen LogP contribution in [0.15, 0.2) is 36.5 Å². The van der Waals surface area contributed by atoms with Gasteiger partial charge in [-0.15, -0.1) is 0 Å². The van der Waals surface area contributed by atoms with Crippen molar-refractivity contribution < 1.29 is 0 Å². The Labute approximate surface area is 124 Å². The van der Waals surface area contributed by atoms with Crippen molar-refractivity contribution in [2.75, 3.05) is 32.7 Å². The summed E-state index contributed by atoms with van der Waals surface area (Å²) < 4.78 is 0. The molecule has 4 rings (SSSR count). The molecule has 0 radical (unpaired) electrons. The third-order valence-corrected chi connectivity index (χ3v) is 4.36. The average Bonchev–Trinajstić information content (AvgIpc) is 2.92. The van der Waals surface area contributed by atoms with Gasteiger partial charge < -0.3 is 15.2 Å². The molecule has 108 valence electrons. The van der Waals surface area contributed by atoms with E-state index in [1.807, 2.05) is 12.3 Å². The zero-order chi connectivity index (χ0) is 14.1. The average molecular weight is 280 g/mol. The molecule has 1 aromatic carbocycles. The number of fused-ring (bicyclic) bond motifs is 3. The van der Waals surface area contributed by atoms with Crippen LogP contribution in [0.5, 0.6) is 0 Å². The number of benzene rings is 1. The second kappa shape index (κ2) is 5.47. The van der Waals surface area contributed by atoms with Crippen molar-refractivity contribution in [1.82, 2.24) is 20.2 Å². The fraction of sp³-hybridized carbons (Fsp3) is 0.353. The summed E-state index contributed by atoms with van der Waals surface area (Å²) in [4.78, 5) is 10.3. The van der Waals surface area contributed by atoms with E-state index in [4.69, 9.17) is 0 Å². The fourth-order valence-electron chi connectivity index (χ4n) is 3.15. The van der Waals surface area contributed by atoms with Crippen LogP contribution in [0, 0.1) is 0 Å². The summed E-state index contributed by atoms with van der Waals surface area (Å²) in [6.07, 6.45) is 2.95. The zero-order valence-electron chi connectivity index (χ0n) is 12.1. The number of aromatic nitrogens is 2. The summed E-state index contributed by atoms with van der Waals surface area (Å²) in [6.45, 7) is 5.71. The van der Waals surface area contributed by atoms with Crippen LogP contribution < -0.4 is 5.32 Å². The lowest BCUT2D eigenvalue weighted by Crippen LogP contribution is -2.44. The van der Waals surface area contributed by atoms with Crippen LogP contribution in [0.4, 0.5) is 0 Å². The molecule has 0 bridgehead atoms. The minimum Gasteiger partial charge on any atom is -0.339 e. The number of piperazine rings is 1.